The third-order valence-corrected chi connectivity index (χ3v) is 5.24. The first kappa shape index (κ1) is 16.8. The molecule has 4 rings (SSSR count). The van der Waals surface area contributed by atoms with Crippen LogP contribution in [0.3, 0.4) is 0 Å². The molecule has 0 aliphatic heterocycles. The standard InChI is InChI=1S/C21H23N3O2/c1-3-10-24(18-9-8-15-6-4-5-7-16(15)11-18)21(25)17-12-19-14(2)23-26-20(19)22-13-17/h4-7,12-13,18H,3,8-11H2,1-2H3. The molecule has 3 aromatic rings. The number of nitrogens with zero attached hydrogens (tertiary/aromatic N) is 3. The van der Waals surface area contributed by atoms with Gasteiger partial charge in [0.1, 0.15) is 0 Å². The van der Waals surface area contributed by atoms with E-state index < -0.39 is 0 Å². The number of rotatable bonds is 4. The molecule has 0 fully saturated rings. The second kappa shape index (κ2) is 6.90. The summed E-state index contributed by atoms with van der Waals surface area (Å²) in [7, 11) is 0. The van der Waals surface area contributed by atoms with Gasteiger partial charge >= 0.3 is 0 Å². The Morgan fingerprint density at radius 2 is 2.12 bits per heavy atom. The molecular weight excluding hydrogens is 326 g/mol. The maximum atomic E-state index is 13.3. The number of pyridine rings is 1. The van der Waals surface area contributed by atoms with Crippen molar-refractivity contribution >= 4 is 17.0 Å². The topological polar surface area (TPSA) is 59.2 Å². The van der Waals surface area contributed by atoms with Gasteiger partial charge in [-0.15, -0.1) is 0 Å². The molecule has 26 heavy (non-hydrogen) atoms. The largest absolute Gasteiger partial charge is 0.336 e. The van der Waals surface area contributed by atoms with Gasteiger partial charge in [0.15, 0.2) is 0 Å². The van der Waals surface area contributed by atoms with Gasteiger partial charge in [-0.1, -0.05) is 36.3 Å². The lowest BCUT2D eigenvalue weighted by Gasteiger charge is -2.35. The highest BCUT2D eigenvalue weighted by atomic mass is 16.5. The Hall–Kier alpha value is -2.69. The third kappa shape index (κ3) is 2.98. The molecular formula is C21H23N3O2. The molecule has 1 aliphatic carbocycles. The first-order valence-electron chi connectivity index (χ1n) is 9.27. The van der Waals surface area contributed by atoms with Gasteiger partial charge in [0.25, 0.3) is 11.6 Å². The fourth-order valence-corrected chi connectivity index (χ4v) is 3.86. The summed E-state index contributed by atoms with van der Waals surface area (Å²) in [5, 5.41) is 4.74. The van der Waals surface area contributed by atoms with E-state index in [9.17, 15) is 4.79 Å². The summed E-state index contributed by atoms with van der Waals surface area (Å²) in [5.74, 6) is 0.0474. The van der Waals surface area contributed by atoms with E-state index in [0.29, 0.717) is 11.3 Å². The van der Waals surface area contributed by atoms with Crippen LogP contribution in [0, 0.1) is 6.92 Å². The Balaban J connectivity index is 1.63. The van der Waals surface area contributed by atoms with Crippen molar-refractivity contribution < 1.29 is 9.32 Å². The fourth-order valence-electron chi connectivity index (χ4n) is 3.86. The number of fused-ring (bicyclic) bond motifs is 2. The fraction of sp³-hybridized carbons (Fsp3) is 0.381. The molecule has 0 N–H and O–H groups in total. The highest BCUT2D eigenvalue weighted by molar-refractivity contribution is 5.97. The summed E-state index contributed by atoms with van der Waals surface area (Å²) in [6.07, 6.45) is 5.49. The van der Waals surface area contributed by atoms with Crippen LogP contribution in [0.4, 0.5) is 0 Å². The van der Waals surface area contributed by atoms with E-state index in [1.165, 1.54) is 11.1 Å². The minimum absolute atomic E-state index is 0.0474. The number of carbonyl (C=O) groups is 1. The molecule has 1 aromatic carbocycles. The zero-order chi connectivity index (χ0) is 18.1. The normalized spacial score (nSPS) is 16.5. The molecule has 0 bridgehead atoms. The average Bonchev–Trinajstić information content (AvgIpc) is 3.05. The molecule has 0 radical (unpaired) electrons. The monoisotopic (exact) mass is 349 g/mol. The summed E-state index contributed by atoms with van der Waals surface area (Å²) in [4.78, 5) is 19.6. The van der Waals surface area contributed by atoms with Crippen molar-refractivity contribution in [2.24, 2.45) is 0 Å². The number of hydrogen-bond acceptors (Lipinski definition) is 4. The molecule has 1 aliphatic rings. The van der Waals surface area contributed by atoms with Crippen LogP contribution in [-0.2, 0) is 12.8 Å². The van der Waals surface area contributed by atoms with Crippen LogP contribution in [-0.4, -0.2) is 33.5 Å². The van der Waals surface area contributed by atoms with Crippen molar-refractivity contribution in [3.05, 3.63) is 58.9 Å². The van der Waals surface area contributed by atoms with E-state index in [-0.39, 0.29) is 11.9 Å². The highest BCUT2D eigenvalue weighted by Crippen LogP contribution is 2.26. The van der Waals surface area contributed by atoms with Crippen LogP contribution in [0.2, 0.25) is 0 Å². The van der Waals surface area contributed by atoms with E-state index in [1.54, 1.807) is 6.20 Å². The Labute approximate surface area is 153 Å². The van der Waals surface area contributed by atoms with Gasteiger partial charge in [0.2, 0.25) is 0 Å². The van der Waals surface area contributed by atoms with Gasteiger partial charge in [-0.25, -0.2) is 4.98 Å². The quantitative estimate of drug-likeness (QED) is 0.716. The number of aromatic nitrogens is 2. The second-order valence-corrected chi connectivity index (χ2v) is 7.01. The maximum Gasteiger partial charge on any atom is 0.257 e. The lowest BCUT2D eigenvalue weighted by Crippen LogP contribution is -2.44. The summed E-state index contributed by atoms with van der Waals surface area (Å²) < 4.78 is 5.16. The Kier molecular flexibility index (Phi) is 4.45. The van der Waals surface area contributed by atoms with Gasteiger partial charge in [-0.3, -0.25) is 4.79 Å². The van der Waals surface area contributed by atoms with Crippen LogP contribution in [0.1, 0.15) is 46.9 Å². The Morgan fingerprint density at radius 3 is 2.92 bits per heavy atom. The Bertz CT molecular complexity index is 947. The lowest BCUT2D eigenvalue weighted by molar-refractivity contribution is 0.0661. The second-order valence-electron chi connectivity index (χ2n) is 7.01. The van der Waals surface area contributed by atoms with Gasteiger partial charge < -0.3 is 9.42 Å². The van der Waals surface area contributed by atoms with Crippen LogP contribution >= 0.6 is 0 Å². The van der Waals surface area contributed by atoms with Gasteiger partial charge in [-0.2, -0.15) is 0 Å². The summed E-state index contributed by atoms with van der Waals surface area (Å²) in [6, 6.07) is 10.6. The molecule has 2 aromatic heterocycles. The van der Waals surface area contributed by atoms with Gasteiger partial charge in [0.05, 0.1) is 16.6 Å². The smallest absolute Gasteiger partial charge is 0.257 e. The van der Waals surface area contributed by atoms with Crippen LogP contribution < -0.4 is 0 Å². The average molecular weight is 349 g/mol. The molecule has 1 amide bonds. The van der Waals surface area contributed by atoms with Crippen molar-refractivity contribution in [1.29, 1.82) is 0 Å². The minimum Gasteiger partial charge on any atom is -0.336 e. The summed E-state index contributed by atoms with van der Waals surface area (Å²) >= 11 is 0. The van der Waals surface area contributed by atoms with Gasteiger partial charge in [0, 0.05) is 18.8 Å². The number of amides is 1. The summed E-state index contributed by atoms with van der Waals surface area (Å²) in [6.45, 7) is 4.73. The van der Waals surface area contributed by atoms with E-state index >= 15 is 0 Å². The van der Waals surface area contributed by atoms with Crippen LogP contribution in [0.25, 0.3) is 11.1 Å². The molecule has 0 saturated heterocycles. The molecule has 5 heteroatoms. The number of benzene rings is 1. The Morgan fingerprint density at radius 1 is 1.31 bits per heavy atom. The van der Waals surface area contributed by atoms with Crippen molar-refractivity contribution in [1.82, 2.24) is 15.0 Å². The third-order valence-electron chi connectivity index (χ3n) is 5.24. The predicted octanol–water partition coefficient (Wildman–Crippen LogP) is 3.94. The zero-order valence-corrected chi connectivity index (χ0v) is 15.2. The molecule has 0 saturated carbocycles. The molecule has 0 spiro atoms. The maximum absolute atomic E-state index is 13.3. The van der Waals surface area contributed by atoms with Crippen molar-refractivity contribution in [3.63, 3.8) is 0 Å². The number of aryl methyl sites for hydroxylation is 2. The van der Waals surface area contributed by atoms with E-state index in [1.807, 2.05) is 17.9 Å². The van der Waals surface area contributed by atoms with Crippen LogP contribution in [0.15, 0.2) is 41.1 Å². The molecule has 1 unspecified atom stereocenters. The summed E-state index contributed by atoms with van der Waals surface area (Å²) in [5.41, 5.74) is 4.62. The first-order valence-corrected chi connectivity index (χ1v) is 9.27. The number of hydrogen-bond donors (Lipinski definition) is 0. The highest BCUT2D eigenvalue weighted by Gasteiger charge is 2.28. The SMILES string of the molecule is CCCN(C(=O)c1cnc2onc(C)c2c1)C1CCc2ccccc2C1. The van der Waals surface area contributed by atoms with E-state index in [2.05, 4.69) is 41.3 Å². The van der Waals surface area contributed by atoms with E-state index in [0.717, 1.165) is 43.3 Å². The van der Waals surface area contributed by atoms with Crippen molar-refractivity contribution in [2.75, 3.05) is 6.54 Å². The zero-order valence-electron chi connectivity index (χ0n) is 15.2. The molecule has 1 atom stereocenters. The van der Waals surface area contributed by atoms with Crippen molar-refractivity contribution in [3.8, 4) is 0 Å². The van der Waals surface area contributed by atoms with E-state index in [4.69, 9.17) is 4.52 Å². The van der Waals surface area contributed by atoms with Crippen molar-refractivity contribution in [2.45, 2.75) is 45.6 Å². The number of carbonyl (C=O) groups excluding carboxylic acids is 1. The molecule has 5 nitrogen and oxygen atoms in total. The molecule has 134 valence electrons. The minimum atomic E-state index is 0.0474. The molecule has 2 heterocycles. The lowest BCUT2D eigenvalue weighted by atomic mass is 9.87. The van der Waals surface area contributed by atoms with Gasteiger partial charge in [-0.05, 0) is 49.8 Å². The predicted molar refractivity (Wildman–Crippen MR) is 100 cm³/mol. The first-order chi connectivity index (χ1) is 12.7. The van der Waals surface area contributed by atoms with Crippen LogP contribution in [0.5, 0.6) is 0 Å².